The van der Waals surface area contributed by atoms with Gasteiger partial charge in [-0.25, -0.2) is 9.98 Å². The van der Waals surface area contributed by atoms with Gasteiger partial charge in [0.15, 0.2) is 0 Å². The van der Waals surface area contributed by atoms with Crippen molar-refractivity contribution in [3.63, 3.8) is 0 Å². The molecule has 12 rings (SSSR count). The van der Waals surface area contributed by atoms with E-state index in [0.717, 1.165) is 66.2 Å². The monoisotopic (exact) mass is 650 g/mol. The minimum Gasteiger partial charge on any atom is -0.475 e. The fourth-order valence-corrected chi connectivity index (χ4v) is 7.64. The Balaban J connectivity index is 1.09. The zero-order valence-electron chi connectivity index (χ0n) is 28.1. The van der Waals surface area contributed by atoms with E-state index in [2.05, 4.69) is 127 Å². The molecule has 4 bridgehead atoms. The molecule has 0 saturated heterocycles. The molecule has 0 unspecified atom stereocenters. The molecular weight excluding hydrogens is 613 g/mol. The average Bonchev–Trinajstić information content (AvgIpc) is 3.92. The molecule has 244 valence electrons. The van der Waals surface area contributed by atoms with Gasteiger partial charge in [0.05, 0.1) is 13.1 Å². The smallest absolute Gasteiger partial charge is 0.216 e. The van der Waals surface area contributed by atoms with E-state index in [1.807, 2.05) is 0 Å². The van der Waals surface area contributed by atoms with Gasteiger partial charge in [-0.3, -0.25) is 0 Å². The van der Waals surface area contributed by atoms with Crippen LogP contribution in [0.1, 0.15) is 47.1 Å². The topological polar surface area (TPSA) is 43.2 Å². The average molecular weight is 651 g/mol. The molecule has 5 aromatic carbocycles. The summed E-state index contributed by atoms with van der Waals surface area (Å²) in [7, 11) is 0. The Bertz CT molecular complexity index is 2270. The highest BCUT2D eigenvalue weighted by Crippen LogP contribution is 2.38. The molecule has 0 spiro atoms. The predicted octanol–water partition coefficient (Wildman–Crippen LogP) is 10.1. The van der Waals surface area contributed by atoms with Gasteiger partial charge in [-0.15, -0.1) is 5.73 Å². The van der Waals surface area contributed by atoms with Crippen molar-refractivity contribution >= 4 is 17.4 Å². The maximum atomic E-state index is 6.05. The molecule has 0 aromatic heterocycles. The summed E-state index contributed by atoms with van der Waals surface area (Å²) in [6.45, 7) is 2.66. The van der Waals surface area contributed by atoms with E-state index in [1.54, 1.807) is 0 Å². The SMILES string of the molecule is C1=C2CC=C(CCc3ccc(cc3-c3ccc(-c4ccccc4)c(C4=NCCO4)c3)CC2)C=1c1ccc(-c2ccccc2)c(C2=NCCO2)c1. The molecule has 2 heterocycles. The lowest BCUT2D eigenvalue weighted by atomic mass is 9.83. The van der Waals surface area contributed by atoms with Crippen molar-refractivity contribution < 1.29 is 9.47 Å². The van der Waals surface area contributed by atoms with Crippen LogP contribution >= 0.6 is 0 Å². The summed E-state index contributed by atoms with van der Waals surface area (Å²) in [4.78, 5) is 9.48. The molecule has 2 aliphatic heterocycles. The number of aryl methyl sites for hydroxylation is 2. The fourth-order valence-electron chi connectivity index (χ4n) is 7.64. The van der Waals surface area contributed by atoms with Crippen LogP contribution in [0.3, 0.4) is 0 Å². The highest BCUT2D eigenvalue weighted by molar-refractivity contribution is 6.03. The van der Waals surface area contributed by atoms with Gasteiger partial charge in [0.25, 0.3) is 0 Å². The molecule has 5 aromatic rings. The highest BCUT2D eigenvalue weighted by atomic mass is 16.5. The van der Waals surface area contributed by atoms with Crippen LogP contribution in [-0.2, 0) is 22.3 Å². The summed E-state index contributed by atoms with van der Waals surface area (Å²) in [6.07, 6.45) is 7.21. The lowest BCUT2D eigenvalue weighted by Crippen LogP contribution is -2.06. The summed E-state index contributed by atoms with van der Waals surface area (Å²) >= 11 is 0. The minimum absolute atomic E-state index is 0.629. The molecular formula is C46H38N2O2. The molecule has 0 amide bonds. The lowest BCUT2D eigenvalue weighted by molar-refractivity contribution is 0.348. The van der Waals surface area contributed by atoms with E-state index < -0.39 is 0 Å². The van der Waals surface area contributed by atoms with Crippen molar-refractivity contribution in [2.75, 3.05) is 26.3 Å². The number of allylic oxidation sites excluding steroid dienone is 3. The Morgan fingerprint density at radius 3 is 1.78 bits per heavy atom. The molecule has 0 N–H and O–H groups in total. The van der Waals surface area contributed by atoms with Crippen molar-refractivity contribution in [2.45, 2.75) is 32.1 Å². The maximum Gasteiger partial charge on any atom is 0.216 e. The molecule has 0 radical (unpaired) electrons. The van der Waals surface area contributed by atoms with E-state index in [-0.39, 0.29) is 0 Å². The largest absolute Gasteiger partial charge is 0.475 e. The van der Waals surface area contributed by atoms with Crippen LogP contribution in [0.25, 0.3) is 39.0 Å². The zero-order valence-corrected chi connectivity index (χ0v) is 28.1. The van der Waals surface area contributed by atoms with Gasteiger partial charge < -0.3 is 9.47 Å². The summed E-state index contributed by atoms with van der Waals surface area (Å²) in [6, 6.07) is 41.8. The second-order valence-corrected chi connectivity index (χ2v) is 13.4. The van der Waals surface area contributed by atoms with Crippen molar-refractivity contribution in [3.8, 4) is 33.4 Å². The van der Waals surface area contributed by atoms with E-state index in [4.69, 9.17) is 19.5 Å². The Morgan fingerprint density at radius 1 is 0.500 bits per heavy atom. The van der Waals surface area contributed by atoms with Crippen molar-refractivity contribution in [2.24, 2.45) is 9.98 Å². The fraction of sp³-hybridized carbons (Fsp3) is 0.196. The molecule has 0 fully saturated rings. The van der Waals surface area contributed by atoms with Crippen molar-refractivity contribution in [1.82, 2.24) is 0 Å². The number of hydrogen-bond acceptors (Lipinski definition) is 4. The quantitative estimate of drug-likeness (QED) is 0.172. The predicted molar refractivity (Wildman–Crippen MR) is 204 cm³/mol. The van der Waals surface area contributed by atoms with Crippen LogP contribution < -0.4 is 0 Å². The van der Waals surface area contributed by atoms with Crippen LogP contribution in [0.5, 0.6) is 0 Å². The van der Waals surface area contributed by atoms with Gasteiger partial charge in [0, 0.05) is 16.7 Å². The van der Waals surface area contributed by atoms with Gasteiger partial charge in [0.1, 0.15) is 13.2 Å². The third kappa shape index (κ3) is 5.93. The first kappa shape index (κ1) is 30.4. The van der Waals surface area contributed by atoms with Gasteiger partial charge in [-0.05, 0) is 105 Å². The number of aliphatic imine (C=N–C) groups is 2. The standard InChI is InChI=1S/C46H38N2O2/c1-3-7-33(8-4-1)39-21-19-37(29-43(39)45-47-23-25-49-45)41-27-31-11-12-32-14-16-36(18-17-35(41)15-13-31)42(28-32)38-20-22-40(34-9-5-2-6-10-34)44(30-38)46-48-24-26-50-46/h1-10,13,15-16,19-22,27,29-30H,11-12,14,17-18,23-26H2. The highest BCUT2D eigenvalue weighted by Gasteiger charge is 2.22. The first-order valence-electron chi connectivity index (χ1n) is 17.8. The summed E-state index contributed by atoms with van der Waals surface area (Å²) in [5, 5.41) is 0. The van der Waals surface area contributed by atoms with Gasteiger partial charge in [-0.2, -0.15) is 0 Å². The minimum atomic E-state index is 0.629. The molecule has 5 aliphatic carbocycles. The second-order valence-electron chi connectivity index (χ2n) is 13.4. The second kappa shape index (κ2) is 13.3. The third-order valence-electron chi connectivity index (χ3n) is 10.2. The van der Waals surface area contributed by atoms with E-state index in [0.29, 0.717) is 26.3 Å². The normalized spacial score (nSPS) is 16.7. The first-order valence-corrected chi connectivity index (χ1v) is 17.8. The molecule has 4 nitrogen and oxygen atoms in total. The number of hydrogen-bond donors (Lipinski definition) is 0. The number of benzene rings is 5. The first-order chi connectivity index (χ1) is 24.8. The number of ether oxygens (including phenoxy) is 2. The lowest BCUT2D eigenvalue weighted by Gasteiger charge is -2.21. The molecule has 50 heavy (non-hydrogen) atoms. The summed E-state index contributed by atoms with van der Waals surface area (Å²) in [5.41, 5.74) is 21.0. The van der Waals surface area contributed by atoms with Gasteiger partial charge in [0.2, 0.25) is 11.8 Å². The Morgan fingerprint density at radius 2 is 1.14 bits per heavy atom. The van der Waals surface area contributed by atoms with Crippen molar-refractivity contribution in [3.05, 3.63) is 166 Å². The van der Waals surface area contributed by atoms with Crippen LogP contribution in [0.15, 0.2) is 148 Å². The van der Waals surface area contributed by atoms with E-state index in [9.17, 15) is 0 Å². The van der Waals surface area contributed by atoms with E-state index >= 15 is 0 Å². The Kier molecular flexibility index (Phi) is 8.08. The molecule has 0 saturated carbocycles. The van der Waals surface area contributed by atoms with Crippen molar-refractivity contribution in [1.29, 1.82) is 0 Å². The number of rotatable bonds is 6. The molecule has 7 aliphatic rings. The zero-order chi connectivity index (χ0) is 33.3. The summed E-state index contributed by atoms with van der Waals surface area (Å²) < 4.78 is 12.1. The van der Waals surface area contributed by atoms with Crippen LogP contribution in [0.4, 0.5) is 0 Å². The van der Waals surface area contributed by atoms with Gasteiger partial charge >= 0.3 is 0 Å². The molecule has 0 atom stereocenters. The summed E-state index contributed by atoms with van der Waals surface area (Å²) in [5.74, 6) is 1.48. The third-order valence-corrected chi connectivity index (χ3v) is 10.2. The maximum absolute atomic E-state index is 6.05. The number of nitrogens with zero attached hydrogens (tertiary/aromatic N) is 2. The van der Waals surface area contributed by atoms with Crippen LogP contribution in [0, 0.1) is 0 Å². The van der Waals surface area contributed by atoms with Gasteiger partial charge in [-0.1, -0.05) is 109 Å². The van der Waals surface area contributed by atoms with Crippen LogP contribution in [0.2, 0.25) is 0 Å². The van der Waals surface area contributed by atoms with E-state index in [1.165, 1.54) is 55.7 Å². The Labute approximate surface area is 293 Å². The van der Waals surface area contributed by atoms with Crippen LogP contribution in [-0.4, -0.2) is 38.1 Å². The Hall–Kier alpha value is -5.70. The molecule has 4 heteroatoms.